The Balaban J connectivity index is 2.02. The van der Waals surface area contributed by atoms with Crippen LogP contribution in [0.4, 0.5) is 5.69 Å². The fourth-order valence-corrected chi connectivity index (χ4v) is 2.98. The van der Waals surface area contributed by atoms with Crippen molar-refractivity contribution in [3.8, 4) is 0 Å². The zero-order valence-electron chi connectivity index (χ0n) is 8.32. The Morgan fingerprint density at radius 2 is 2.14 bits per heavy atom. The lowest BCUT2D eigenvalue weighted by Gasteiger charge is -2.26. The first-order chi connectivity index (χ1) is 6.90. The Hall–Kier alpha value is -1.02. The number of hydrogen-bond donors (Lipinski definition) is 1. The normalized spacial score (nSPS) is 29.1. The maximum atomic E-state index is 5.81. The van der Waals surface area contributed by atoms with Crippen LogP contribution in [0.15, 0.2) is 24.3 Å². The van der Waals surface area contributed by atoms with Crippen molar-refractivity contribution in [2.24, 2.45) is 5.73 Å². The van der Waals surface area contributed by atoms with E-state index in [0.29, 0.717) is 6.04 Å². The third kappa shape index (κ3) is 1.01. The van der Waals surface area contributed by atoms with Crippen LogP contribution in [-0.4, -0.2) is 18.6 Å². The molecule has 0 amide bonds. The smallest absolute Gasteiger partial charge is 0.0416 e. The fourth-order valence-electron chi connectivity index (χ4n) is 2.98. The second-order valence-electron chi connectivity index (χ2n) is 4.36. The summed E-state index contributed by atoms with van der Waals surface area (Å²) in [7, 11) is 0. The molecule has 14 heavy (non-hydrogen) atoms. The molecule has 0 aliphatic carbocycles. The third-order valence-electron chi connectivity index (χ3n) is 3.62. The van der Waals surface area contributed by atoms with E-state index in [2.05, 4.69) is 29.2 Å². The van der Waals surface area contributed by atoms with Crippen LogP contribution in [0, 0.1) is 0 Å². The van der Waals surface area contributed by atoms with Gasteiger partial charge in [0, 0.05) is 24.3 Å². The average Bonchev–Trinajstić information content (AvgIpc) is 2.75. The standard InChI is InChI=1S/C12H16N2/c13-8-11-6-5-10-7-9-3-1-2-4-12(9)14(10)11/h1-4,10-11H,5-8,13H2. The highest BCUT2D eigenvalue weighted by molar-refractivity contribution is 5.61. The molecule has 2 unspecified atom stereocenters. The first-order valence-electron chi connectivity index (χ1n) is 5.46. The van der Waals surface area contributed by atoms with Gasteiger partial charge in [-0.3, -0.25) is 0 Å². The average molecular weight is 188 g/mol. The Morgan fingerprint density at radius 1 is 1.29 bits per heavy atom. The lowest BCUT2D eigenvalue weighted by Crippen LogP contribution is -2.37. The maximum absolute atomic E-state index is 5.81. The summed E-state index contributed by atoms with van der Waals surface area (Å²) in [6, 6.07) is 10.1. The number of rotatable bonds is 1. The molecule has 3 rings (SSSR count). The highest BCUT2D eigenvalue weighted by atomic mass is 15.2. The quantitative estimate of drug-likeness (QED) is 0.724. The largest absolute Gasteiger partial charge is 0.364 e. The number of nitrogens with zero attached hydrogens (tertiary/aromatic N) is 1. The minimum Gasteiger partial charge on any atom is -0.364 e. The maximum Gasteiger partial charge on any atom is 0.0416 e. The van der Waals surface area contributed by atoms with E-state index in [1.807, 2.05) is 0 Å². The Labute approximate surface area is 84.7 Å². The summed E-state index contributed by atoms with van der Waals surface area (Å²) in [5, 5.41) is 0. The molecular formula is C12H16N2. The first kappa shape index (κ1) is 8.30. The topological polar surface area (TPSA) is 29.3 Å². The molecule has 1 aromatic carbocycles. The van der Waals surface area contributed by atoms with Gasteiger partial charge in [-0.2, -0.15) is 0 Å². The molecule has 0 spiro atoms. The van der Waals surface area contributed by atoms with E-state index in [9.17, 15) is 0 Å². The van der Waals surface area contributed by atoms with Gasteiger partial charge in [0.1, 0.15) is 0 Å². The fraction of sp³-hybridized carbons (Fsp3) is 0.500. The van der Waals surface area contributed by atoms with Crippen molar-refractivity contribution in [3.63, 3.8) is 0 Å². The van der Waals surface area contributed by atoms with Gasteiger partial charge in [-0.1, -0.05) is 18.2 Å². The van der Waals surface area contributed by atoms with Crippen LogP contribution in [0.2, 0.25) is 0 Å². The number of benzene rings is 1. The summed E-state index contributed by atoms with van der Waals surface area (Å²) >= 11 is 0. The number of hydrogen-bond acceptors (Lipinski definition) is 2. The van der Waals surface area contributed by atoms with Crippen molar-refractivity contribution >= 4 is 5.69 Å². The zero-order valence-corrected chi connectivity index (χ0v) is 8.32. The van der Waals surface area contributed by atoms with Crippen LogP contribution in [-0.2, 0) is 6.42 Å². The van der Waals surface area contributed by atoms with Crippen LogP contribution in [0.5, 0.6) is 0 Å². The summed E-state index contributed by atoms with van der Waals surface area (Å²) in [6.45, 7) is 0.796. The van der Waals surface area contributed by atoms with Crippen molar-refractivity contribution in [1.82, 2.24) is 0 Å². The predicted octanol–water partition coefficient (Wildman–Crippen LogP) is 1.54. The minimum absolute atomic E-state index is 0.587. The molecule has 2 aliphatic heterocycles. The minimum atomic E-state index is 0.587. The number of para-hydroxylation sites is 1. The molecule has 2 aliphatic rings. The first-order valence-corrected chi connectivity index (χ1v) is 5.46. The van der Waals surface area contributed by atoms with E-state index < -0.39 is 0 Å². The molecule has 0 bridgehead atoms. The molecule has 2 atom stereocenters. The van der Waals surface area contributed by atoms with Crippen molar-refractivity contribution in [3.05, 3.63) is 29.8 Å². The third-order valence-corrected chi connectivity index (χ3v) is 3.62. The molecule has 2 heterocycles. The van der Waals surface area contributed by atoms with Crippen LogP contribution >= 0.6 is 0 Å². The van der Waals surface area contributed by atoms with Gasteiger partial charge in [-0.25, -0.2) is 0 Å². The van der Waals surface area contributed by atoms with E-state index in [4.69, 9.17) is 5.73 Å². The van der Waals surface area contributed by atoms with E-state index in [1.54, 1.807) is 0 Å². The van der Waals surface area contributed by atoms with Gasteiger partial charge in [0.05, 0.1) is 0 Å². The van der Waals surface area contributed by atoms with Gasteiger partial charge in [0.2, 0.25) is 0 Å². The zero-order chi connectivity index (χ0) is 9.54. The van der Waals surface area contributed by atoms with Crippen LogP contribution in [0.1, 0.15) is 18.4 Å². The predicted molar refractivity (Wildman–Crippen MR) is 58.5 cm³/mol. The van der Waals surface area contributed by atoms with Crippen molar-refractivity contribution < 1.29 is 0 Å². The summed E-state index contributed by atoms with van der Waals surface area (Å²) in [6.07, 6.45) is 3.82. The molecule has 1 fully saturated rings. The van der Waals surface area contributed by atoms with Crippen molar-refractivity contribution in [2.75, 3.05) is 11.4 Å². The van der Waals surface area contributed by atoms with Gasteiger partial charge in [0.25, 0.3) is 0 Å². The second kappa shape index (κ2) is 2.99. The molecule has 2 N–H and O–H groups in total. The SMILES string of the molecule is NCC1CCC2Cc3ccccc3N12. The summed E-state index contributed by atoms with van der Waals surface area (Å²) in [4.78, 5) is 2.55. The van der Waals surface area contributed by atoms with Crippen molar-refractivity contribution in [2.45, 2.75) is 31.3 Å². The monoisotopic (exact) mass is 188 g/mol. The Bertz CT molecular complexity index is 346. The second-order valence-corrected chi connectivity index (χ2v) is 4.36. The lowest BCUT2D eigenvalue weighted by atomic mass is 10.1. The number of anilines is 1. The van der Waals surface area contributed by atoms with Gasteiger partial charge >= 0.3 is 0 Å². The molecule has 74 valence electrons. The summed E-state index contributed by atoms with van der Waals surface area (Å²) < 4.78 is 0. The van der Waals surface area contributed by atoms with Gasteiger partial charge in [-0.05, 0) is 30.9 Å². The Kier molecular flexibility index (Phi) is 1.77. The molecule has 2 heteroatoms. The summed E-state index contributed by atoms with van der Waals surface area (Å²) in [5.74, 6) is 0. The summed E-state index contributed by atoms with van der Waals surface area (Å²) in [5.41, 5.74) is 8.75. The van der Waals surface area contributed by atoms with E-state index in [-0.39, 0.29) is 0 Å². The molecule has 0 saturated carbocycles. The van der Waals surface area contributed by atoms with E-state index in [0.717, 1.165) is 12.6 Å². The van der Waals surface area contributed by atoms with Gasteiger partial charge < -0.3 is 10.6 Å². The molecule has 0 aromatic heterocycles. The van der Waals surface area contributed by atoms with E-state index >= 15 is 0 Å². The molecule has 1 saturated heterocycles. The van der Waals surface area contributed by atoms with E-state index in [1.165, 1.54) is 30.5 Å². The number of fused-ring (bicyclic) bond motifs is 3. The molecular weight excluding hydrogens is 172 g/mol. The number of nitrogens with two attached hydrogens (primary N) is 1. The van der Waals surface area contributed by atoms with Crippen molar-refractivity contribution in [1.29, 1.82) is 0 Å². The van der Waals surface area contributed by atoms with Crippen LogP contribution in [0.25, 0.3) is 0 Å². The van der Waals surface area contributed by atoms with Gasteiger partial charge in [-0.15, -0.1) is 0 Å². The Morgan fingerprint density at radius 3 is 3.00 bits per heavy atom. The highest BCUT2D eigenvalue weighted by Crippen LogP contribution is 2.40. The van der Waals surface area contributed by atoms with Crippen LogP contribution < -0.4 is 10.6 Å². The molecule has 1 aromatic rings. The van der Waals surface area contributed by atoms with Gasteiger partial charge in [0.15, 0.2) is 0 Å². The highest BCUT2D eigenvalue weighted by Gasteiger charge is 2.38. The lowest BCUT2D eigenvalue weighted by molar-refractivity contribution is 0.659. The molecule has 0 radical (unpaired) electrons. The molecule has 2 nitrogen and oxygen atoms in total. The van der Waals surface area contributed by atoms with Crippen LogP contribution in [0.3, 0.4) is 0 Å².